The van der Waals surface area contributed by atoms with E-state index in [4.69, 9.17) is 35.3 Å². The summed E-state index contributed by atoms with van der Waals surface area (Å²) in [5, 5.41) is 0.478. The third-order valence-corrected chi connectivity index (χ3v) is 6.79. The number of fused-ring (bicyclic) bond motifs is 1. The van der Waals surface area contributed by atoms with E-state index in [0.29, 0.717) is 39.1 Å². The first-order valence-corrected chi connectivity index (χ1v) is 12.9. The number of methoxy groups -OCH3 is 3. The molecule has 0 aromatic heterocycles. The van der Waals surface area contributed by atoms with Crippen LogP contribution in [0.1, 0.15) is 41.7 Å². The second kappa shape index (κ2) is 12.4. The average Bonchev–Trinajstić information content (AvgIpc) is 3.03. The molecule has 3 aromatic carbocycles. The molecule has 39 heavy (non-hydrogen) atoms. The zero-order valence-electron chi connectivity index (χ0n) is 22.7. The Labute approximate surface area is 233 Å². The summed E-state index contributed by atoms with van der Waals surface area (Å²) in [4.78, 5) is 28.3. The summed E-state index contributed by atoms with van der Waals surface area (Å²) in [5.41, 5.74) is 3.71. The Morgan fingerprint density at radius 3 is 2.41 bits per heavy atom. The number of esters is 1. The second-order valence-electron chi connectivity index (χ2n) is 9.06. The molecule has 1 heterocycles. The lowest BCUT2D eigenvalue weighted by atomic mass is 9.97. The van der Waals surface area contributed by atoms with E-state index in [1.807, 2.05) is 31.2 Å². The lowest BCUT2D eigenvalue weighted by Gasteiger charge is -2.26. The number of benzene rings is 3. The molecule has 1 aliphatic rings. The molecule has 9 heteroatoms. The highest BCUT2D eigenvalue weighted by molar-refractivity contribution is 6.30. The molecule has 206 valence electrons. The number of amides is 1. The van der Waals surface area contributed by atoms with Crippen LogP contribution in [0.15, 0.2) is 54.6 Å². The first-order valence-electron chi connectivity index (χ1n) is 12.6. The Bertz CT molecular complexity index is 1360. The maximum atomic E-state index is 14.1. The van der Waals surface area contributed by atoms with Gasteiger partial charge < -0.3 is 28.6 Å². The van der Waals surface area contributed by atoms with E-state index >= 15 is 0 Å². The van der Waals surface area contributed by atoms with Crippen LogP contribution >= 0.6 is 11.6 Å². The fraction of sp³-hybridized carbons (Fsp3) is 0.333. The van der Waals surface area contributed by atoms with Crippen LogP contribution < -0.4 is 19.1 Å². The molecule has 0 aliphatic carbocycles. The highest BCUT2D eigenvalue weighted by atomic mass is 35.5. The number of carbonyl (C=O) groups excluding carboxylic acids is 2. The number of rotatable bonds is 9. The SMILES string of the molecule is CCOC(=O)CC1OC(c2ccc(C)cc2OC)c2cc(Cl)ccc2N(Cc2ccc(OC)cc2OC)C1=O. The second-order valence-corrected chi connectivity index (χ2v) is 9.50. The molecule has 0 spiro atoms. The molecule has 0 bridgehead atoms. The topological polar surface area (TPSA) is 83.5 Å². The van der Waals surface area contributed by atoms with Gasteiger partial charge in [-0.25, -0.2) is 0 Å². The van der Waals surface area contributed by atoms with E-state index in [1.54, 1.807) is 63.5 Å². The summed E-state index contributed by atoms with van der Waals surface area (Å²) in [6.07, 6.45) is -2.13. The van der Waals surface area contributed by atoms with E-state index < -0.39 is 24.1 Å². The summed E-state index contributed by atoms with van der Waals surface area (Å²) in [7, 11) is 4.71. The summed E-state index contributed by atoms with van der Waals surface area (Å²) in [5.74, 6) is 0.856. The minimum Gasteiger partial charge on any atom is -0.497 e. The molecule has 0 saturated heterocycles. The summed E-state index contributed by atoms with van der Waals surface area (Å²) in [6, 6.07) is 16.4. The Morgan fingerprint density at radius 2 is 1.72 bits per heavy atom. The van der Waals surface area contributed by atoms with Crippen molar-refractivity contribution < 1.29 is 33.3 Å². The first kappa shape index (κ1) is 28.3. The fourth-order valence-electron chi connectivity index (χ4n) is 4.67. The number of aryl methyl sites for hydroxylation is 1. The molecule has 0 saturated carbocycles. The Hall–Kier alpha value is -3.75. The lowest BCUT2D eigenvalue weighted by molar-refractivity contribution is -0.151. The molecular formula is C30H32ClNO7. The van der Waals surface area contributed by atoms with Gasteiger partial charge in [-0.1, -0.05) is 23.7 Å². The first-order chi connectivity index (χ1) is 18.8. The normalized spacial score (nSPS) is 16.8. The van der Waals surface area contributed by atoms with E-state index in [1.165, 1.54) is 0 Å². The van der Waals surface area contributed by atoms with Crippen LogP contribution in [0.25, 0.3) is 0 Å². The van der Waals surface area contributed by atoms with Crippen molar-refractivity contribution in [2.75, 3.05) is 32.8 Å². The zero-order valence-corrected chi connectivity index (χ0v) is 23.4. The van der Waals surface area contributed by atoms with Crippen LogP contribution in [0.2, 0.25) is 5.02 Å². The monoisotopic (exact) mass is 553 g/mol. The Balaban J connectivity index is 1.88. The quantitative estimate of drug-likeness (QED) is 0.317. The zero-order chi connectivity index (χ0) is 28.1. The van der Waals surface area contributed by atoms with Gasteiger partial charge in [-0.3, -0.25) is 9.59 Å². The van der Waals surface area contributed by atoms with Gasteiger partial charge in [0.25, 0.3) is 5.91 Å². The van der Waals surface area contributed by atoms with Crippen LogP contribution in [-0.4, -0.2) is 45.9 Å². The summed E-state index contributed by atoms with van der Waals surface area (Å²) >= 11 is 6.47. The minimum atomic E-state index is -1.13. The number of nitrogens with zero attached hydrogens (tertiary/aromatic N) is 1. The third-order valence-electron chi connectivity index (χ3n) is 6.56. The molecule has 1 amide bonds. The van der Waals surface area contributed by atoms with Crippen molar-refractivity contribution in [2.24, 2.45) is 0 Å². The predicted molar refractivity (Wildman–Crippen MR) is 148 cm³/mol. The molecule has 3 aromatic rings. The van der Waals surface area contributed by atoms with Crippen molar-refractivity contribution in [3.63, 3.8) is 0 Å². The van der Waals surface area contributed by atoms with Gasteiger partial charge in [0.05, 0.1) is 46.6 Å². The van der Waals surface area contributed by atoms with Gasteiger partial charge in [0, 0.05) is 27.8 Å². The van der Waals surface area contributed by atoms with Crippen LogP contribution in [0.3, 0.4) is 0 Å². The van der Waals surface area contributed by atoms with Gasteiger partial charge in [0.1, 0.15) is 29.5 Å². The van der Waals surface area contributed by atoms with Crippen LogP contribution in [0, 0.1) is 6.92 Å². The van der Waals surface area contributed by atoms with E-state index in [9.17, 15) is 9.59 Å². The molecule has 8 nitrogen and oxygen atoms in total. The van der Waals surface area contributed by atoms with Crippen molar-refractivity contribution in [1.29, 1.82) is 0 Å². The van der Waals surface area contributed by atoms with Crippen molar-refractivity contribution in [3.05, 3.63) is 81.9 Å². The Kier molecular flexibility index (Phi) is 8.99. The molecule has 1 aliphatic heterocycles. The van der Waals surface area contributed by atoms with Crippen LogP contribution in [-0.2, 0) is 25.6 Å². The van der Waals surface area contributed by atoms with Gasteiger partial charge in [0.15, 0.2) is 0 Å². The maximum absolute atomic E-state index is 14.1. The van der Waals surface area contributed by atoms with Crippen LogP contribution in [0.5, 0.6) is 17.2 Å². The maximum Gasteiger partial charge on any atom is 0.308 e. The smallest absolute Gasteiger partial charge is 0.308 e. The highest BCUT2D eigenvalue weighted by Gasteiger charge is 2.39. The minimum absolute atomic E-state index is 0.154. The largest absolute Gasteiger partial charge is 0.497 e. The summed E-state index contributed by atoms with van der Waals surface area (Å²) in [6.45, 7) is 4.02. The number of ether oxygens (including phenoxy) is 5. The van der Waals surface area contributed by atoms with Crippen LogP contribution in [0.4, 0.5) is 5.69 Å². The third kappa shape index (κ3) is 6.13. The molecule has 2 atom stereocenters. The van der Waals surface area contributed by atoms with Crippen molar-refractivity contribution >= 4 is 29.2 Å². The molecule has 0 N–H and O–H groups in total. The number of halogens is 1. The van der Waals surface area contributed by atoms with E-state index in [2.05, 4.69) is 0 Å². The number of anilines is 1. The standard InChI is InChI=1S/C30H32ClNO7/c1-6-38-28(33)16-27-30(34)32(17-19-8-10-21(35-3)15-25(19)36-4)24-12-9-20(31)14-23(24)29(39-27)22-11-7-18(2)13-26(22)37-5/h7-15,27,29H,6,16-17H2,1-5H3. The molecular weight excluding hydrogens is 522 g/mol. The molecule has 0 radical (unpaired) electrons. The average molecular weight is 554 g/mol. The Morgan fingerprint density at radius 1 is 0.949 bits per heavy atom. The lowest BCUT2D eigenvalue weighted by Crippen LogP contribution is -2.40. The number of carbonyl (C=O) groups is 2. The molecule has 0 fully saturated rings. The van der Waals surface area contributed by atoms with Gasteiger partial charge >= 0.3 is 5.97 Å². The van der Waals surface area contributed by atoms with Crippen molar-refractivity contribution in [1.82, 2.24) is 0 Å². The van der Waals surface area contributed by atoms with Gasteiger partial charge in [-0.2, -0.15) is 0 Å². The van der Waals surface area contributed by atoms with Crippen molar-refractivity contribution in [2.45, 2.75) is 39.0 Å². The number of hydrogen-bond acceptors (Lipinski definition) is 7. The van der Waals surface area contributed by atoms with Crippen molar-refractivity contribution in [3.8, 4) is 17.2 Å². The molecule has 2 unspecified atom stereocenters. The number of hydrogen-bond donors (Lipinski definition) is 0. The van der Waals surface area contributed by atoms with Gasteiger partial charge in [-0.15, -0.1) is 0 Å². The van der Waals surface area contributed by atoms with E-state index in [-0.39, 0.29) is 19.6 Å². The molecule has 4 rings (SSSR count). The summed E-state index contributed by atoms with van der Waals surface area (Å²) < 4.78 is 28.3. The predicted octanol–water partition coefficient (Wildman–Crippen LogP) is 5.65. The van der Waals surface area contributed by atoms with Gasteiger partial charge in [0.2, 0.25) is 0 Å². The van der Waals surface area contributed by atoms with E-state index in [0.717, 1.165) is 11.1 Å². The highest BCUT2D eigenvalue weighted by Crippen LogP contribution is 2.43. The fourth-order valence-corrected chi connectivity index (χ4v) is 4.85. The van der Waals surface area contributed by atoms with Gasteiger partial charge in [-0.05, 0) is 55.8 Å².